The van der Waals surface area contributed by atoms with Crippen LogP contribution in [0.4, 0.5) is 5.13 Å². The number of nitrogens with one attached hydrogen (secondary N) is 1. The second kappa shape index (κ2) is 9.93. The molecule has 0 saturated heterocycles. The van der Waals surface area contributed by atoms with Crippen LogP contribution in [0.1, 0.15) is 30.1 Å². The van der Waals surface area contributed by atoms with Crippen molar-refractivity contribution in [1.82, 2.24) is 4.98 Å². The van der Waals surface area contributed by atoms with Gasteiger partial charge in [-0.2, -0.15) is 0 Å². The minimum Gasteiger partial charge on any atom is -0.497 e. The molecule has 0 saturated carbocycles. The number of rotatable bonds is 9. The van der Waals surface area contributed by atoms with E-state index in [4.69, 9.17) is 14.2 Å². The lowest BCUT2D eigenvalue weighted by molar-refractivity contribution is 0.102. The van der Waals surface area contributed by atoms with Gasteiger partial charge in [-0.05, 0) is 42.8 Å². The molecule has 0 unspecified atom stereocenters. The SMILES string of the molecule is CCCCOc1cccc(C(=O)Nc2nc(-c3cc(OC)ccc3OC)cs2)c1. The van der Waals surface area contributed by atoms with E-state index in [2.05, 4.69) is 17.2 Å². The summed E-state index contributed by atoms with van der Waals surface area (Å²) in [4.78, 5) is 17.2. The maximum Gasteiger partial charge on any atom is 0.257 e. The number of anilines is 1. The van der Waals surface area contributed by atoms with Crippen LogP contribution < -0.4 is 19.5 Å². The highest BCUT2D eigenvalue weighted by molar-refractivity contribution is 7.14. The molecular formula is C22H24N2O4S. The standard InChI is InChI=1S/C22H24N2O4S/c1-4-5-11-28-17-8-6-7-15(12-17)21(25)24-22-23-19(14-29-22)18-13-16(26-2)9-10-20(18)27-3/h6-10,12-14H,4-5,11H2,1-3H3,(H,23,24,25). The van der Waals surface area contributed by atoms with Crippen molar-refractivity contribution >= 4 is 22.4 Å². The van der Waals surface area contributed by atoms with E-state index in [1.807, 2.05) is 35.7 Å². The Morgan fingerprint density at radius 3 is 2.72 bits per heavy atom. The number of aromatic nitrogens is 1. The maximum atomic E-state index is 12.6. The van der Waals surface area contributed by atoms with Crippen LogP contribution in [-0.4, -0.2) is 31.7 Å². The van der Waals surface area contributed by atoms with Crippen LogP contribution in [0.25, 0.3) is 11.3 Å². The molecule has 1 amide bonds. The van der Waals surface area contributed by atoms with Crippen molar-refractivity contribution in [3.8, 4) is 28.5 Å². The van der Waals surface area contributed by atoms with Crippen LogP contribution in [0.3, 0.4) is 0 Å². The van der Waals surface area contributed by atoms with E-state index in [0.717, 1.165) is 18.4 Å². The van der Waals surface area contributed by atoms with Gasteiger partial charge in [-0.3, -0.25) is 10.1 Å². The average molecular weight is 413 g/mol. The Balaban J connectivity index is 1.74. The minimum atomic E-state index is -0.232. The monoisotopic (exact) mass is 412 g/mol. The number of nitrogens with zero attached hydrogens (tertiary/aromatic N) is 1. The van der Waals surface area contributed by atoms with Crippen molar-refractivity contribution in [3.05, 3.63) is 53.4 Å². The molecule has 0 aliphatic heterocycles. The molecule has 1 aromatic heterocycles. The number of amides is 1. The zero-order chi connectivity index (χ0) is 20.6. The molecule has 29 heavy (non-hydrogen) atoms. The van der Waals surface area contributed by atoms with Crippen LogP contribution in [0.5, 0.6) is 17.2 Å². The predicted octanol–water partition coefficient (Wildman–Crippen LogP) is 5.26. The number of carbonyl (C=O) groups is 1. The van der Waals surface area contributed by atoms with Crippen LogP contribution in [-0.2, 0) is 0 Å². The largest absolute Gasteiger partial charge is 0.497 e. The highest BCUT2D eigenvalue weighted by Crippen LogP contribution is 2.35. The zero-order valence-corrected chi connectivity index (χ0v) is 17.5. The molecule has 6 nitrogen and oxygen atoms in total. The number of methoxy groups -OCH3 is 2. The third-order valence-electron chi connectivity index (χ3n) is 4.27. The van der Waals surface area contributed by atoms with Gasteiger partial charge in [0.2, 0.25) is 0 Å². The van der Waals surface area contributed by atoms with Gasteiger partial charge in [0.25, 0.3) is 5.91 Å². The molecule has 0 bridgehead atoms. The van der Waals surface area contributed by atoms with Crippen LogP contribution in [0, 0.1) is 0 Å². The Hall–Kier alpha value is -3.06. The number of benzene rings is 2. The van der Waals surface area contributed by atoms with E-state index in [1.165, 1.54) is 11.3 Å². The van der Waals surface area contributed by atoms with Gasteiger partial charge < -0.3 is 14.2 Å². The normalized spacial score (nSPS) is 10.4. The molecule has 0 aliphatic rings. The molecule has 0 fully saturated rings. The molecule has 0 radical (unpaired) electrons. The highest BCUT2D eigenvalue weighted by atomic mass is 32.1. The van der Waals surface area contributed by atoms with Gasteiger partial charge in [-0.25, -0.2) is 4.98 Å². The summed E-state index contributed by atoms with van der Waals surface area (Å²) in [5, 5.41) is 5.23. The Morgan fingerprint density at radius 2 is 1.97 bits per heavy atom. The van der Waals surface area contributed by atoms with Gasteiger partial charge >= 0.3 is 0 Å². The third kappa shape index (κ3) is 5.26. The summed E-state index contributed by atoms with van der Waals surface area (Å²) in [7, 11) is 3.22. The van der Waals surface area contributed by atoms with E-state index >= 15 is 0 Å². The zero-order valence-electron chi connectivity index (χ0n) is 16.7. The first-order valence-corrected chi connectivity index (χ1v) is 10.2. The molecule has 7 heteroatoms. The summed E-state index contributed by atoms with van der Waals surface area (Å²) < 4.78 is 16.4. The summed E-state index contributed by atoms with van der Waals surface area (Å²) in [6, 6.07) is 12.7. The number of thiazole rings is 1. The molecule has 3 aromatic rings. The van der Waals surface area contributed by atoms with Gasteiger partial charge in [-0.15, -0.1) is 11.3 Å². The molecule has 0 spiro atoms. The second-order valence-electron chi connectivity index (χ2n) is 6.29. The Morgan fingerprint density at radius 1 is 1.10 bits per heavy atom. The third-order valence-corrected chi connectivity index (χ3v) is 5.03. The van der Waals surface area contributed by atoms with E-state index in [9.17, 15) is 4.79 Å². The first-order valence-electron chi connectivity index (χ1n) is 9.36. The molecule has 152 valence electrons. The lowest BCUT2D eigenvalue weighted by atomic mass is 10.1. The highest BCUT2D eigenvalue weighted by Gasteiger charge is 2.14. The Kier molecular flexibility index (Phi) is 7.08. The predicted molar refractivity (Wildman–Crippen MR) is 115 cm³/mol. The van der Waals surface area contributed by atoms with Gasteiger partial charge in [0, 0.05) is 16.5 Å². The summed E-state index contributed by atoms with van der Waals surface area (Å²) in [5.41, 5.74) is 2.03. The number of hydrogen-bond acceptors (Lipinski definition) is 6. The van der Waals surface area contributed by atoms with Crippen molar-refractivity contribution in [2.75, 3.05) is 26.1 Å². The summed E-state index contributed by atoms with van der Waals surface area (Å²) in [6.45, 7) is 2.75. The van der Waals surface area contributed by atoms with Crippen LogP contribution in [0.15, 0.2) is 47.8 Å². The fourth-order valence-electron chi connectivity index (χ4n) is 2.70. The Bertz CT molecular complexity index is 971. The van der Waals surface area contributed by atoms with Gasteiger partial charge in [-0.1, -0.05) is 19.4 Å². The van der Waals surface area contributed by atoms with Gasteiger partial charge in [0.15, 0.2) is 5.13 Å². The second-order valence-corrected chi connectivity index (χ2v) is 7.15. The summed E-state index contributed by atoms with van der Waals surface area (Å²) >= 11 is 1.35. The first-order chi connectivity index (χ1) is 14.1. The molecule has 3 rings (SSSR count). The van der Waals surface area contributed by atoms with Crippen LogP contribution >= 0.6 is 11.3 Å². The van der Waals surface area contributed by atoms with E-state index < -0.39 is 0 Å². The smallest absolute Gasteiger partial charge is 0.257 e. The van der Waals surface area contributed by atoms with Gasteiger partial charge in [0.05, 0.1) is 26.5 Å². The molecule has 1 heterocycles. The molecule has 2 aromatic carbocycles. The number of unbranched alkanes of at least 4 members (excludes halogenated alkanes) is 1. The summed E-state index contributed by atoms with van der Waals surface area (Å²) in [6.07, 6.45) is 2.04. The van der Waals surface area contributed by atoms with E-state index in [0.29, 0.717) is 40.2 Å². The quantitative estimate of drug-likeness (QED) is 0.486. The molecule has 0 aliphatic carbocycles. The number of ether oxygens (including phenoxy) is 3. The number of carbonyl (C=O) groups excluding carboxylic acids is 1. The maximum absolute atomic E-state index is 12.6. The topological polar surface area (TPSA) is 69.7 Å². The lowest BCUT2D eigenvalue weighted by Crippen LogP contribution is -2.12. The van der Waals surface area contributed by atoms with Crippen molar-refractivity contribution < 1.29 is 19.0 Å². The molecule has 0 atom stereocenters. The lowest BCUT2D eigenvalue weighted by Gasteiger charge is -2.08. The Labute approximate surface area is 174 Å². The van der Waals surface area contributed by atoms with Crippen molar-refractivity contribution in [3.63, 3.8) is 0 Å². The summed E-state index contributed by atoms with van der Waals surface area (Å²) in [5.74, 6) is 1.85. The van der Waals surface area contributed by atoms with E-state index in [-0.39, 0.29) is 5.91 Å². The van der Waals surface area contributed by atoms with Crippen molar-refractivity contribution in [1.29, 1.82) is 0 Å². The average Bonchev–Trinajstić information content (AvgIpc) is 3.22. The van der Waals surface area contributed by atoms with E-state index in [1.54, 1.807) is 26.4 Å². The number of hydrogen-bond donors (Lipinski definition) is 1. The first kappa shape index (κ1) is 20.7. The van der Waals surface area contributed by atoms with Crippen LogP contribution in [0.2, 0.25) is 0 Å². The minimum absolute atomic E-state index is 0.232. The fraction of sp³-hybridized carbons (Fsp3) is 0.273. The van der Waals surface area contributed by atoms with Crippen molar-refractivity contribution in [2.24, 2.45) is 0 Å². The molecule has 1 N–H and O–H groups in total. The van der Waals surface area contributed by atoms with Gasteiger partial charge in [0.1, 0.15) is 17.2 Å². The molecular weight excluding hydrogens is 388 g/mol. The fourth-order valence-corrected chi connectivity index (χ4v) is 3.41. The van der Waals surface area contributed by atoms with Crippen molar-refractivity contribution in [2.45, 2.75) is 19.8 Å².